The molecule has 0 N–H and O–H groups in total. The van der Waals surface area contributed by atoms with Crippen LogP contribution >= 0.6 is 0 Å². The summed E-state index contributed by atoms with van der Waals surface area (Å²) in [6.07, 6.45) is 5.00. The van der Waals surface area contributed by atoms with Crippen molar-refractivity contribution in [3.8, 4) is 33.6 Å². The Morgan fingerprint density at radius 2 is 1.22 bits per heavy atom. The highest BCUT2D eigenvalue weighted by Crippen LogP contribution is 2.42. The fraction of sp³-hybridized carbons (Fsp3) is 0.174. The topological polar surface area (TPSA) is 29.0 Å². The maximum Gasteiger partial charge on any atom is 0.0777 e. The van der Waals surface area contributed by atoms with Crippen molar-refractivity contribution in [1.29, 1.82) is 0 Å². The predicted octanol–water partition coefficient (Wildman–Crippen LogP) is 12.2. The van der Waals surface area contributed by atoms with Crippen molar-refractivity contribution in [2.45, 2.75) is 46.8 Å². The van der Waals surface area contributed by atoms with Crippen molar-refractivity contribution < 1.29 is 0 Å². The number of rotatable bonds is 9. The van der Waals surface area contributed by atoms with Gasteiger partial charge in [0.2, 0.25) is 0 Å². The molecule has 5 aromatic carbocycles. The molecule has 2 aromatic heterocycles. The molecule has 0 aliphatic heterocycles. The summed E-state index contributed by atoms with van der Waals surface area (Å²) in [6, 6.07) is 48.4. The van der Waals surface area contributed by atoms with Gasteiger partial charge in [0.15, 0.2) is 0 Å². The highest BCUT2D eigenvalue weighted by atomic mass is 28.3. The van der Waals surface area contributed by atoms with E-state index in [1.54, 1.807) is 0 Å². The fourth-order valence-corrected chi connectivity index (χ4v) is 8.00. The quantitative estimate of drug-likeness (QED) is 0.143. The Bertz CT molecular complexity index is 2280. The van der Waals surface area contributed by atoms with Crippen LogP contribution in [0.2, 0.25) is 19.6 Å². The van der Waals surface area contributed by atoms with E-state index in [0.717, 1.165) is 51.6 Å². The van der Waals surface area contributed by atoms with Crippen molar-refractivity contribution in [1.82, 2.24) is 9.97 Å². The van der Waals surface area contributed by atoms with Crippen LogP contribution in [-0.2, 0) is 6.42 Å². The van der Waals surface area contributed by atoms with Crippen LogP contribution in [0.3, 0.4) is 0 Å². The minimum atomic E-state index is -1.51. The molecule has 7 aromatic rings. The molecule has 0 atom stereocenters. The molecule has 2 heterocycles. The third-order valence-corrected chi connectivity index (χ3v) is 11.5. The normalized spacial score (nSPS) is 11.7. The van der Waals surface area contributed by atoms with Crippen LogP contribution in [0.15, 0.2) is 146 Å². The fourth-order valence-electron chi connectivity index (χ4n) is 6.86. The van der Waals surface area contributed by atoms with Crippen LogP contribution < -0.4 is 10.1 Å². The lowest BCUT2D eigenvalue weighted by Gasteiger charge is -2.28. The first-order valence-electron chi connectivity index (χ1n) is 17.7. The number of fused-ring (bicyclic) bond motifs is 1. The molecule has 0 unspecified atom stereocenters. The van der Waals surface area contributed by atoms with Gasteiger partial charge in [-0.15, -0.1) is 0 Å². The second-order valence-electron chi connectivity index (χ2n) is 14.8. The summed E-state index contributed by atoms with van der Waals surface area (Å²) in [6.45, 7) is 13.9. The lowest BCUT2D eigenvalue weighted by molar-refractivity contribution is 0.650. The van der Waals surface area contributed by atoms with E-state index in [-0.39, 0.29) is 0 Å². The Labute approximate surface area is 298 Å². The first-order chi connectivity index (χ1) is 24.2. The molecule has 0 radical (unpaired) electrons. The molecule has 0 spiro atoms. The van der Waals surface area contributed by atoms with Gasteiger partial charge in [0.1, 0.15) is 0 Å². The SMILES string of the molecule is Cc1cnc(-c2cccc(N(c3cccc(-c4cc([Si](C)(C)C)ccn4)c3)c3ccc(CC(C)C)c4ccccc34)c2)cc1-c1ccccc1. The molecule has 0 fully saturated rings. The van der Waals surface area contributed by atoms with E-state index in [9.17, 15) is 0 Å². The minimum Gasteiger partial charge on any atom is -0.310 e. The van der Waals surface area contributed by atoms with Crippen LogP contribution in [0.4, 0.5) is 17.1 Å². The molecule has 0 aliphatic carbocycles. The van der Waals surface area contributed by atoms with E-state index < -0.39 is 8.07 Å². The van der Waals surface area contributed by atoms with E-state index >= 15 is 0 Å². The molecule has 0 saturated heterocycles. The highest BCUT2D eigenvalue weighted by molar-refractivity contribution is 6.88. The third kappa shape index (κ3) is 6.90. The minimum absolute atomic E-state index is 0.566. The number of hydrogen-bond acceptors (Lipinski definition) is 3. The first-order valence-corrected chi connectivity index (χ1v) is 21.2. The molecule has 248 valence electrons. The van der Waals surface area contributed by atoms with Crippen LogP contribution in [0.1, 0.15) is 25.0 Å². The summed E-state index contributed by atoms with van der Waals surface area (Å²) in [5, 5.41) is 3.94. The molecule has 7 rings (SSSR count). The van der Waals surface area contributed by atoms with Crippen LogP contribution in [0.5, 0.6) is 0 Å². The van der Waals surface area contributed by atoms with Gasteiger partial charge in [0.25, 0.3) is 0 Å². The van der Waals surface area contributed by atoms with Crippen LogP contribution in [-0.4, -0.2) is 18.0 Å². The van der Waals surface area contributed by atoms with E-state index in [1.165, 1.54) is 32.6 Å². The van der Waals surface area contributed by atoms with Crippen molar-refractivity contribution >= 4 is 41.1 Å². The maximum absolute atomic E-state index is 4.93. The Balaban J connectivity index is 1.41. The molecule has 3 nitrogen and oxygen atoms in total. The second kappa shape index (κ2) is 13.9. The van der Waals surface area contributed by atoms with Crippen molar-refractivity contribution in [3.05, 3.63) is 157 Å². The average Bonchev–Trinajstić information content (AvgIpc) is 3.13. The molecule has 4 heteroatoms. The van der Waals surface area contributed by atoms with Gasteiger partial charge >= 0.3 is 0 Å². The number of aryl methyl sites for hydroxylation is 1. The number of aromatic nitrogens is 2. The summed E-state index contributed by atoms with van der Waals surface area (Å²) in [7, 11) is -1.51. The lowest BCUT2D eigenvalue weighted by atomic mass is 9.95. The van der Waals surface area contributed by atoms with Crippen molar-refractivity contribution in [3.63, 3.8) is 0 Å². The zero-order chi connectivity index (χ0) is 34.8. The standard InChI is InChI=1S/C46H45N3Si/c1-32(2)26-35-22-23-46(42-21-11-10-20-41(35)42)49(38-18-12-16-36(27-38)44-29-40(24-25-47-44)50(4,5)6)39-19-13-17-37(28-39)45-30-43(33(3)31-48-45)34-14-8-7-9-15-34/h7-25,27-32H,26H2,1-6H3. The summed E-state index contributed by atoms with van der Waals surface area (Å²) >= 11 is 0. The molecule has 0 amide bonds. The van der Waals surface area contributed by atoms with Gasteiger partial charge in [-0.1, -0.05) is 124 Å². The Kier molecular flexibility index (Phi) is 9.22. The zero-order valence-corrected chi connectivity index (χ0v) is 31.0. The van der Waals surface area contributed by atoms with Gasteiger partial charge in [-0.3, -0.25) is 9.97 Å². The Morgan fingerprint density at radius 1 is 0.600 bits per heavy atom. The van der Waals surface area contributed by atoms with Gasteiger partial charge < -0.3 is 4.90 Å². The smallest absolute Gasteiger partial charge is 0.0777 e. The van der Waals surface area contributed by atoms with Gasteiger partial charge in [-0.25, -0.2) is 0 Å². The predicted molar refractivity (Wildman–Crippen MR) is 217 cm³/mol. The van der Waals surface area contributed by atoms with E-state index in [0.29, 0.717) is 5.92 Å². The molecule has 0 bridgehead atoms. The summed E-state index contributed by atoms with van der Waals surface area (Å²) in [5.74, 6) is 0.566. The number of anilines is 3. The Morgan fingerprint density at radius 3 is 1.88 bits per heavy atom. The maximum atomic E-state index is 4.93. The number of benzene rings is 5. The van der Waals surface area contributed by atoms with E-state index in [2.05, 4.69) is 179 Å². The zero-order valence-electron chi connectivity index (χ0n) is 30.0. The number of pyridine rings is 2. The average molecular weight is 668 g/mol. The summed E-state index contributed by atoms with van der Waals surface area (Å²) < 4.78 is 0. The second-order valence-corrected chi connectivity index (χ2v) is 19.8. The van der Waals surface area contributed by atoms with Crippen LogP contribution in [0.25, 0.3) is 44.4 Å². The van der Waals surface area contributed by atoms with Gasteiger partial charge in [0, 0.05) is 40.3 Å². The van der Waals surface area contributed by atoms with E-state index in [1.807, 2.05) is 12.4 Å². The van der Waals surface area contributed by atoms with Gasteiger partial charge in [0.05, 0.1) is 25.1 Å². The van der Waals surface area contributed by atoms with Crippen LogP contribution in [0, 0.1) is 12.8 Å². The lowest BCUT2D eigenvalue weighted by Crippen LogP contribution is -2.37. The first kappa shape index (κ1) is 33.2. The number of nitrogens with zero attached hydrogens (tertiary/aromatic N) is 3. The molecular weight excluding hydrogens is 623 g/mol. The Hall–Kier alpha value is -5.32. The van der Waals surface area contributed by atoms with Crippen molar-refractivity contribution in [2.24, 2.45) is 5.92 Å². The van der Waals surface area contributed by atoms with E-state index in [4.69, 9.17) is 9.97 Å². The molecule has 0 saturated carbocycles. The monoisotopic (exact) mass is 667 g/mol. The highest BCUT2D eigenvalue weighted by Gasteiger charge is 2.20. The summed E-state index contributed by atoms with van der Waals surface area (Å²) in [4.78, 5) is 12.2. The summed E-state index contributed by atoms with van der Waals surface area (Å²) in [5.41, 5.74) is 12.4. The largest absolute Gasteiger partial charge is 0.310 e. The van der Waals surface area contributed by atoms with Crippen molar-refractivity contribution in [2.75, 3.05) is 4.90 Å². The molecule has 50 heavy (non-hydrogen) atoms. The molecule has 0 aliphatic rings. The van der Waals surface area contributed by atoms with Gasteiger partial charge in [-0.2, -0.15) is 0 Å². The number of hydrogen-bond donors (Lipinski definition) is 0. The third-order valence-electron chi connectivity index (χ3n) is 9.47. The van der Waals surface area contributed by atoms with Gasteiger partial charge in [-0.05, 0) is 95.4 Å². The molecular formula is C46H45N3Si.